The summed E-state index contributed by atoms with van der Waals surface area (Å²) in [6.45, 7) is 8.89. The molecule has 1 aliphatic rings. The monoisotopic (exact) mass is 568 g/mol. The molecule has 214 valence electrons. The van der Waals surface area contributed by atoms with E-state index in [2.05, 4.69) is 37.6 Å². The van der Waals surface area contributed by atoms with Crippen molar-refractivity contribution in [3.8, 4) is 22.8 Å². The predicted molar refractivity (Wildman–Crippen MR) is 155 cm³/mol. The molecular weight excluding hydrogens is 531 g/mol. The molecule has 4 rings (SSSR count). The van der Waals surface area contributed by atoms with Crippen molar-refractivity contribution in [1.29, 1.82) is 0 Å². The van der Waals surface area contributed by atoms with Crippen LogP contribution in [-0.2, 0) is 17.6 Å². The summed E-state index contributed by atoms with van der Waals surface area (Å²) in [5, 5.41) is 0. The van der Waals surface area contributed by atoms with Crippen LogP contribution in [0.15, 0.2) is 54.7 Å². The van der Waals surface area contributed by atoms with E-state index in [9.17, 15) is 17.9 Å². The van der Waals surface area contributed by atoms with Gasteiger partial charge in [-0.15, -0.1) is 0 Å². The van der Waals surface area contributed by atoms with Crippen LogP contribution in [0, 0.1) is 11.7 Å². The summed E-state index contributed by atoms with van der Waals surface area (Å²) in [5.41, 5.74) is 2.99. The van der Waals surface area contributed by atoms with Crippen molar-refractivity contribution in [3.05, 3.63) is 77.2 Å². The van der Waals surface area contributed by atoms with Gasteiger partial charge in [0.1, 0.15) is 11.6 Å². The molecule has 0 radical (unpaired) electrons. The molecule has 1 aromatic heterocycles. The molecule has 40 heavy (non-hydrogen) atoms. The van der Waals surface area contributed by atoms with Gasteiger partial charge in [-0.3, -0.25) is 4.90 Å². The molecule has 1 fully saturated rings. The van der Waals surface area contributed by atoms with Crippen molar-refractivity contribution < 1.29 is 27.4 Å². The van der Waals surface area contributed by atoms with E-state index in [1.807, 2.05) is 6.07 Å². The van der Waals surface area contributed by atoms with E-state index in [0.717, 1.165) is 30.2 Å². The predicted octanol–water partition coefficient (Wildman–Crippen LogP) is 6.45. The van der Waals surface area contributed by atoms with Crippen molar-refractivity contribution in [2.45, 2.75) is 65.1 Å². The molecule has 7 nitrogen and oxygen atoms in total. The van der Waals surface area contributed by atoms with Crippen LogP contribution in [0.25, 0.3) is 11.1 Å². The van der Waals surface area contributed by atoms with Crippen molar-refractivity contribution in [1.82, 2.24) is 9.88 Å². The molecule has 1 heterocycles. The van der Waals surface area contributed by atoms with Gasteiger partial charge in [0.2, 0.25) is 5.88 Å². The van der Waals surface area contributed by atoms with E-state index < -0.39 is 22.9 Å². The molecule has 0 aliphatic heterocycles. The number of hydrogen-bond acceptors (Lipinski definition) is 6. The minimum atomic E-state index is -1.91. The number of carbonyl (C=O) groups excluding carboxylic acids is 1. The topological polar surface area (TPSA) is 89.0 Å². The number of carbonyl (C=O) groups is 1. The van der Waals surface area contributed by atoms with Crippen molar-refractivity contribution in [2.24, 2.45) is 5.92 Å². The maximum atomic E-state index is 15.0. The van der Waals surface area contributed by atoms with Crippen LogP contribution in [0.5, 0.6) is 11.6 Å². The van der Waals surface area contributed by atoms with E-state index in [4.69, 9.17) is 9.47 Å². The van der Waals surface area contributed by atoms with Gasteiger partial charge in [0, 0.05) is 36.2 Å². The lowest BCUT2D eigenvalue weighted by Crippen LogP contribution is -2.36. The number of hydrogen-bond donors (Lipinski definition) is 1. The normalized spacial score (nSPS) is 14.9. The Morgan fingerprint density at radius 3 is 2.45 bits per heavy atom. The Kier molecular flexibility index (Phi) is 9.71. The number of methoxy groups -OCH3 is 1. The lowest BCUT2D eigenvalue weighted by molar-refractivity contribution is 0.0734. The van der Waals surface area contributed by atoms with Gasteiger partial charge in [0.05, 0.1) is 24.6 Å². The molecule has 0 saturated heterocycles. The lowest BCUT2D eigenvalue weighted by Gasteiger charge is -2.31. The van der Waals surface area contributed by atoms with Crippen molar-refractivity contribution in [2.75, 3.05) is 12.9 Å². The lowest BCUT2D eigenvalue weighted by atomic mass is 9.96. The Balaban J connectivity index is 1.66. The van der Waals surface area contributed by atoms with Gasteiger partial charge in [0.25, 0.3) is 0 Å². The molecular formula is C31H37FN2O5S. The second kappa shape index (κ2) is 13.0. The highest BCUT2D eigenvalue weighted by atomic mass is 32.2. The molecule has 1 aliphatic carbocycles. The van der Waals surface area contributed by atoms with Crippen LogP contribution in [0.4, 0.5) is 4.39 Å². The van der Waals surface area contributed by atoms with E-state index in [1.54, 1.807) is 42.5 Å². The Bertz CT molecular complexity index is 1370. The number of halogens is 1. The summed E-state index contributed by atoms with van der Waals surface area (Å²) in [5.74, 6) is 0.125. The Morgan fingerprint density at radius 1 is 1.10 bits per heavy atom. The number of benzene rings is 2. The van der Waals surface area contributed by atoms with Crippen LogP contribution in [0.3, 0.4) is 0 Å². The highest BCUT2D eigenvalue weighted by molar-refractivity contribution is 7.79. The average molecular weight is 569 g/mol. The van der Waals surface area contributed by atoms with Crippen molar-refractivity contribution in [3.63, 3.8) is 0 Å². The molecule has 2 aromatic carbocycles. The van der Waals surface area contributed by atoms with Gasteiger partial charge in [-0.2, -0.15) is 0 Å². The van der Waals surface area contributed by atoms with E-state index >= 15 is 0 Å². The van der Waals surface area contributed by atoms with E-state index in [0.29, 0.717) is 40.8 Å². The van der Waals surface area contributed by atoms with Crippen LogP contribution in [-0.4, -0.2) is 49.6 Å². The molecule has 2 atom stereocenters. The van der Waals surface area contributed by atoms with Gasteiger partial charge in [-0.1, -0.05) is 18.2 Å². The molecule has 1 saturated carbocycles. The van der Waals surface area contributed by atoms with Crippen LogP contribution < -0.4 is 9.47 Å². The van der Waals surface area contributed by atoms with Crippen molar-refractivity contribution >= 4 is 17.0 Å². The Morgan fingerprint density at radius 2 is 1.82 bits per heavy atom. The Labute approximate surface area is 238 Å². The summed E-state index contributed by atoms with van der Waals surface area (Å²) >= 11 is -1.91. The number of pyridine rings is 1. The number of esters is 1. The molecule has 0 spiro atoms. The molecule has 0 amide bonds. The number of aromatic nitrogens is 1. The summed E-state index contributed by atoms with van der Waals surface area (Å²) in [4.78, 5) is 19.5. The summed E-state index contributed by atoms with van der Waals surface area (Å²) in [6.07, 6.45) is 3.18. The number of nitrogens with zero attached hydrogens (tertiary/aromatic N) is 2. The third-order valence-electron chi connectivity index (χ3n) is 7.36. The van der Waals surface area contributed by atoms with Crippen LogP contribution in [0.2, 0.25) is 0 Å². The summed E-state index contributed by atoms with van der Waals surface area (Å²) < 4.78 is 47.0. The first-order valence-electron chi connectivity index (χ1n) is 13.6. The zero-order valence-corrected chi connectivity index (χ0v) is 24.4. The molecule has 9 heteroatoms. The molecule has 1 N–H and O–H groups in total. The first-order valence-corrected chi connectivity index (χ1v) is 14.8. The quantitative estimate of drug-likeness (QED) is 0.153. The number of rotatable bonds is 12. The summed E-state index contributed by atoms with van der Waals surface area (Å²) in [7, 11) is 1.48. The van der Waals surface area contributed by atoms with E-state index in [-0.39, 0.29) is 23.8 Å². The highest BCUT2D eigenvalue weighted by Crippen LogP contribution is 2.43. The standard InChI is InChI=1S/C31H37FN2O5S/c1-19(2)34(20(3)4)17-24-13-23(11-12-26(24)27-15-30(38-5)33-16-29(27)32)31(35)39-25-8-6-7-22(14-25)28(18-40(36)37)21-9-10-21/h6-8,11-16,19-21,28H,9-10,17-18H2,1-5H3,(H,36,37). The summed E-state index contributed by atoms with van der Waals surface area (Å²) in [6, 6.07) is 14.3. The zero-order chi connectivity index (χ0) is 29.0. The third kappa shape index (κ3) is 7.33. The second-order valence-corrected chi connectivity index (χ2v) is 11.8. The highest BCUT2D eigenvalue weighted by Gasteiger charge is 2.33. The molecule has 0 bridgehead atoms. The third-order valence-corrected chi connectivity index (χ3v) is 8.00. The number of ether oxygens (including phenoxy) is 2. The Hall–Kier alpha value is -3.14. The molecule has 3 aromatic rings. The van der Waals surface area contributed by atoms with Crippen LogP contribution >= 0.6 is 0 Å². The fourth-order valence-electron chi connectivity index (χ4n) is 5.14. The minimum absolute atomic E-state index is 0.0549. The van der Waals surface area contributed by atoms with Gasteiger partial charge >= 0.3 is 5.97 Å². The van der Waals surface area contributed by atoms with Gasteiger partial charge < -0.3 is 14.0 Å². The maximum absolute atomic E-state index is 15.0. The average Bonchev–Trinajstić information content (AvgIpc) is 3.76. The van der Waals surface area contributed by atoms with E-state index in [1.165, 1.54) is 7.11 Å². The van der Waals surface area contributed by atoms with Gasteiger partial charge in [0.15, 0.2) is 11.1 Å². The fraction of sp³-hybridized carbons (Fsp3) is 0.419. The zero-order valence-electron chi connectivity index (χ0n) is 23.6. The second-order valence-electron chi connectivity index (χ2n) is 10.8. The first-order chi connectivity index (χ1) is 19.1. The fourth-order valence-corrected chi connectivity index (χ4v) is 5.91. The van der Waals surface area contributed by atoms with Gasteiger partial charge in [-0.05, 0) is 87.4 Å². The van der Waals surface area contributed by atoms with Gasteiger partial charge in [-0.25, -0.2) is 18.4 Å². The van der Waals surface area contributed by atoms with Crippen LogP contribution in [0.1, 0.15) is 67.9 Å². The first kappa shape index (κ1) is 29.8. The smallest absolute Gasteiger partial charge is 0.343 e. The minimum Gasteiger partial charge on any atom is -0.481 e. The molecule has 2 unspecified atom stereocenters. The largest absolute Gasteiger partial charge is 0.481 e. The maximum Gasteiger partial charge on any atom is 0.343 e. The SMILES string of the molecule is COc1cc(-c2ccc(C(=O)Oc3cccc(C(CS(=O)O)C4CC4)c3)cc2CN(C(C)C)C(C)C)c(F)cn1.